The molecule has 0 aromatic rings. The number of carbonyl (C=O) groups excluding carboxylic acids is 3. The predicted octanol–water partition coefficient (Wildman–Crippen LogP) is -12.8. The molecule has 6 rings (SSSR count). The highest BCUT2D eigenvalue weighted by Crippen LogP contribution is 2.37. The van der Waals surface area contributed by atoms with Gasteiger partial charge in [0.2, 0.25) is 11.8 Å². The second kappa shape index (κ2) is 35.2. The second-order valence-corrected chi connectivity index (χ2v) is 23.6. The van der Waals surface area contributed by atoms with Gasteiger partial charge in [-0.05, 0) is 6.92 Å². The van der Waals surface area contributed by atoms with E-state index in [4.69, 9.17) is 80.8 Å². The topological polar surface area (TPSA) is 607 Å². The number of aliphatic hydroxyl groups excluding tert-OH is 16. The van der Waals surface area contributed by atoms with Crippen LogP contribution >= 0.6 is 7.60 Å². The normalized spacial score (nSPS) is 42.7. The average Bonchev–Trinajstić information content (AvgIpc) is 0.845. The summed E-state index contributed by atoms with van der Waals surface area (Å²) in [5.41, 5.74) is 0. The molecule has 6 fully saturated rings. The monoisotopic (exact) mass is 1340 g/mol. The van der Waals surface area contributed by atoms with Gasteiger partial charge in [0.25, 0.3) is 0 Å². The lowest BCUT2D eigenvalue weighted by atomic mass is 9.93. The molecule has 6 aliphatic heterocycles. The van der Waals surface area contributed by atoms with Gasteiger partial charge < -0.3 is 178 Å². The molecule has 41 heteroatoms. The Morgan fingerprint density at radius 1 is 0.422 bits per heavy atom. The zero-order chi connectivity index (χ0) is 66.5. The van der Waals surface area contributed by atoms with E-state index in [2.05, 4.69) is 16.0 Å². The van der Waals surface area contributed by atoms with Crippen molar-refractivity contribution in [3.8, 4) is 0 Å². The van der Waals surface area contributed by atoms with Crippen LogP contribution in [-0.2, 0) is 85.2 Å². The van der Waals surface area contributed by atoms with Gasteiger partial charge in [-0.1, -0.05) is 0 Å². The Labute approximate surface area is 512 Å². The summed E-state index contributed by atoms with van der Waals surface area (Å²) in [7, 11) is -4.23. The molecule has 90 heavy (non-hydrogen) atoms. The van der Waals surface area contributed by atoms with Gasteiger partial charge in [-0.15, -0.1) is 0 Å². The predicted molar refractivity (Wildman–Crippen MR) is 283 cm³/mol. The highest BCUT2D eigenvalue weighted by atomic mass is 31.2. The van der Waals surface area contributed by atoms with Crippen molar-refractivity contribution < 1.29 is 181 Å². The zero-order valence-electron chi connectivity index (χ0n) is 48.8. The van der Waals surface area contributed by atoms with E-state index in [9.17, 15) is 101 Å². The van der Waals surface area contributed by atoms with E-state index >= 15 is 0 Å². The first-order chi connectivity index (χ1) is 42.5. The fourth-order valence-electron chi connectivity index (χ4n) is 10.3. The average molecular weight is 1340 g/mol. The van der Waals surface area contributed by atoms with Crippen molar-refractivity contribution in [2.24, 2.45) is 0 Å². The minimum absolute atomic E-state index is 0.00126. The third-order valence-corrected chi connectivity index (χ3v) is 15.9. The van der Waals surface area contributed by atoms with Crippen LogP contribution in [0.25, 0.3) is 0 Å². The van der Waals surface area contributed by atoms with E-state index in [1.807, 2.05) is 0 Å². The van der Waals surface area contributed by atoms with E-state index in [0.717, 1.165) is 13.8 Å². The number of rotatable bonds is 30. The smallest absolute Gasteiger partial charge is 0.407 e. The van der Waals surface area contributed by atoms with E-state index in [1.165, 1.54) is 6.92 Å². The van der Waals surface area contributed by atoms with Crippen molar-refractivity contribution in [1.82, 2.24) is 16.0 Å². The molecule has 0 aromatic heterocycles. The molecule has 3 amide bonds. The summed E-state index contributed by atoms with van der Waals surface area (Å²) in [5, 5.41) is 181. The van der Waals surface area contributed by atoms with Crippen LogP contribution in [0, 0.1) is 0 Å². The molecule has 0 aliphatic carbocycles. The lowest BCUT2D eigenvalue weighted by Gasteiger charge is -2.50. The molecule has 12 unspecified atom stereocenters. The molecule has 6 aliphatic rings. The van der Waals surface area contributed by atoms with Crippen LogP contribution in [0.15, 0.2) is 0 Å². The summed E-state index contributed by atoms with van der Waals surface area (Å²) < 4.78 is 96.4. The van der Waals surface area contributed by atoms with E-state index in [0.29, 0.717) is 0 Å². The number of carbonyl (C=O) groups is 3. The van der Waals surface area contributed by atoms with Crippen LogP contribution < -0.4 is 16.0 Å². The first-order valence-electron chi connectivity index (χ1n) is 28.6. The molecule has 524 valence electrons. The van der Waals surface area contributed by atoms with Crippen molar-refractivity contribution >= 4 is 25.5 Å². The van der Waals surface area contributed by atoms with E-state index in [-0.39, 0.29) is 39.6 Å². The van der Waals surface area contributed by atoms with Crippen LogP contribution in [0.2, 0.25) is 0 Å². The maximum Gasteiger partial charge on any atom is 0.407 e. The summed E-state index contributed by atoms with van der Waals surface area (Å²) >= 11 is 0. The largest absolute Gasteiger partial charge is 0.447 e. The Kier molecular flexibility index (Phi) is 29.8. The lowest BCUT2D eigenvalue weighted by molar-refractivity contribution is -0.384. The second-order valence-electron chi connectivity index (χ2n) is 21.8. The minimum Gasteiger partial charge on any atom is -0.447 e. The summed E-state index contributed by atoms with van der Waals surface area (Å²) in [4.78, 5) is 55.9. The number of nitrogens with one attached hydrogen (secondary N) is 3. The Morgan fingerprint density at radius 2 is 0.856 bits per heavy atom. The highest BCUT2D eigenvalue weighted by Gasteiger charge is 2.57. The fourth-order valence-corrected chi connectivity index (χ4v) is 10.6. The van der Waals surface area contributed by atoms with Crippen molar-refractivity contribution in [3.63, 3.8) is 0 Å². The lowest BCUT2D eigenvalue weighted by Crippen LogP contribution is -2.70. The molecule has 30 atom stereocenters. The molecule has 0 bridgehead atoms. The molecule has 0 spiro atoms. The third-order valence-electron chi connectivity index (χ3n) is 15.1. The molecule has 6 saturated heterocycles. The Balaban J connectivity index is 1.21. The number of hydrogen-bond acceptors (Lipinski definition) is 35. The Hall–Kier alpha value is -2.84. The number of alkyl carbamates (subject to hydrolysis) is 1. The maximum atomic E-state index is 13.0. The van der Waals surface area contributed by atoms with Crippen molar-refractivity contribution in [2.75, 3.05) is 85.4 Å². The number of amides is 3. The molecular weight excluding hydrogens is 1250 g/mol. The van der Waals surface area contributed by atoms with Crippen LogP contribution in [0.4, 0.5) is 4.79 Å². The summed E-state index contributed by atoms with van der Waals surface area (Å²) in [5.74, 6) is -1.66. The highest BCUT2D eigenvalue weighted by molar-refractivity contribution is 7.51. The standard InChI is InChI=1S/C49H86N3O37P/c1-17-27(58)33(64)36(67)45(81-17)80-16-24-41(31(62)25(51-18(2)56)43(86-24)77-5-4-50-49(71)78-9-8-75-6-7-76-10-11-90(72,73)74)87-44-26(52-19(3)57)32(63)40(22(14-55)84-44)88-48-39(70)42(89-47-38(69)35(66)29(60)21(13-54)83-47)30(61)23(85-48)15-79-46-37(68)34(65)28(59)20(12-53)82-46/h17,20-48,53-55,58-70H,4-16H2,1-3H3,(H,50,71)(H,51,56)(H,52,57)(H2,72,73,74)/t17-,20?,21-,22?,23?,24?,25?,26?,27+,28+,29+,30+,31+,32+,33?,34-,35?,36?,37?,38?,39?,40+,41+,42-,43+,44-,45-,46-,47+,48-/m0/s1. The van der Waals surface area contributed by atoms with Gasteiger partial charge in [0, 0.05) is 20.4 Å². The molecule has 0 aromatic carbocycles. The maximum absolute atomic E-state index is 13.0. The molecule has 40 nitrogen and oxygen atoms in total. The van der Waals surface area contributed by atoms with Crippen molar-refractivity contribution in [3.05, 3.63) is 0 Å². The fraction of sp³-hybridized carbons (Fsp3) is 0.939. The molecular formula is C49H86N3O37P. The SMILES string of the molecule is CC(=O)NC1[C@H](OCCNC(=O)OCCOCCOCCP(=O)(O)O)OC(CO[C@H]2O[C@@H](C)[C@@H](O)C(O)C2O)[C@@H](O[C@@H]2OC(CO)[C@@H](O[C@@H]3OC(CO[C@H]4OC(CO)[C@@H](O)[C@H](O)C4O)[C@@H](O)[C@H](O[C@H]4O[C@@H](CO)[C@@H](O)C(O)C4O)C3O)[C@H](O)C2NC(C)=O)[C@@H]1O. The van der Waals surface area contributed by atoms with E-state index < -0.39 is 255 Å². The molecule has 6 heterocycles. The quantitative estimate of drug-likeness (QED) is 0.0235. The zero-order valence-corrected chi connectivity index (χ0v) is 49.7. The summed E-state index contributed by atoms with van der Waals surface area (Å²) in [6.07, 6.45) is -53.9. The van der Waals surface area contributed by atoms with Crippen LogP contribution in [0.5, 0.6) is 0 Å². The minimum atomic E-state index is -4.23. The van der Waals surface area contributed by atoms with Crippen LogP contribution in [0.3, 0.4) is 0 Å². The number of aliphatic hydroxyl groups is 16. The molecule has 21 N–H and O–H groups in total. The van der Waals surface area contributed by atoms with Gasteiger partial charge in [-0.3, -0.25) is 14.2 Å². The van der Waals surface area contributed by atoms with Gasteiger partial charge in [0.15, 0.2) is 37.7 Å². The van der Waals surface area contributed by atoms with Crippen LogP contribution in [-0.4, -0.2) is 379 Å². The first kappa shape index (κ1) is 76.2. The Morgan fingerprint density at radius 3 is 1.42 bits per heavy atom. The number of ether oxygens (including phenoxy) is 15. The van der Waals surface area contributed by atoms with Crippen molar-refractivity contribution in [1.29, 1.82) is 0 Å². The third kappa shape index (κ3) is 20.1. The van der Waals surface area contributed by atoms with Gasteiger partial charge in [-0.2, -0.15) is 0 Å². The van der Waals surface area contributed by atoms with Gasteiger partial charge in [-0.25, -0.2) is 4.79 Å². The van der Waals surface area contributed by atoms with Gasteiger partial charge in [0.05, 0.1) is 78.3 Å². The summed E-state index contributed by atoms with van der Waals surface area (Å²) in [6.45, 7) is -2.42. The number of hydrogen-bond donors (Lipinski definition) is 21. The summed E-state index contributed by atoms with van der Waals surface area (Å²) in [6, 6.07) is -3.45. The first-order valence-corrected chi connectivity index (χ1v) is 30.4. The molecule has 0 radical (unpaired) electrons. The van der Waals surface area contributed by atoms with Crippen molar-refractivity contribution in [2.45, 2.75) is 205 Å². The van der Waals surface area contributed by atoms with Crippen LogP contribution in [0.1, 0.15) is 20.8 Å². The molecule has 0 saturated carbocycles. The van der Waals surface area contributed by atoms with E-state index in [1.54, 1.807) is 0 Å². The van der Waals surface area contributed by atoms with Gasteiger partial charge >= 0.3 is 13.7 Å². The van der Waals surface area contributed by atoms with Gasteiger partial charge in [0.1, 0.15) is 147 Å². The Bertz CT molecular complexity index is 2230.